The number of alkyl halides is 1. The SMILES string of the molecule is COC(=O)c1cccc2c1CCC(C(C)C(=O)OC(C)(C)C)CC2F. The summed E-state index contributed by atoms with van der Waals surface area (Å²) in [6.07, 6.45) is 0.204. The van der Waals surface area contributed by atoms with Gasteiger partial charge in [-0.05, 0) is 63.1 Å². The second-order valence-electron chi connectivity index (χ2n) is 7.69. The van der Waals surface area contributed by atoms with Crippen molar-refractivity contribution in [3.63, 3.8) is 0 Å². The Bertz CT molecular complexity index is 648. The smallest absolute Gasteiger partial charge is 0.338 e. The van der Waals surface area contributed by atoms with Gasteiger partial charge in [0.25, 0.3) is 0 Å². The summed E-state index contributed by atoms with van der Waals surface area (Å²) >= 11 is 0. The minimum atomic E-state index is -1.21. The summed E-state index contributed by atoms with van der Waals surface area (Å²) < 4.78 is 25.2. The van der Waals surface area contributed by atoms with Gasteiger partial charge in [-0.15, -0.1) is 0 Å². The van der Waals surface area contributed by atoms with Crippen molar-refractivity contribution in [3.05, 3.63) is 34.9 Å². The maximum absolute atomic E-state index is 14.9. The highest BCUT2D eigenvalue weighted by atomic mass is 19.1. The van der Waals surface area contributed by atoms with Gasteiger partial charge in [-0.25, -0.2) is 9.18 Å². The zero-order chi connectivity index (χ0) is 18.8. The first-order chi connectivity index (χ1) is 11.6. The Hall–Kier alpha value is -1.91. The molecule has 138 valence electrons. The van der Waals surface area contributed by atoms with Gasteiger partial charge < -0.3 is 9.47 Å². The van der Waals surface area contributed by atoms with Crippen molar-refractivity contribution in [2.45, 2.75) is 58.7 Å². The quantitative estimate of drug-likeness (QED) is 0.598. The van der Waals surface area contributed by atoms with Gasteiger partial charge in [0.15, 0.2) is 0 Å². The van der Waals surface area contributed by atoms with Gasteiger partial charge in [0, 0.05) is 0 Å². The van der Waals surface area contributed by atoms with Crippen LogP contribution in [0.2, 0.25) is 0 Å². The lowest BCUT2D eigenvalue weighted by Crippen LogP contribution is -2.31. The molecule has 25 heavy (non-hydrogen) atoms. The number of fused-ring (bicyclic) bond motifs is 1. The third-order valence-electron chi connectivity index (χ3n) is 4.72. The van der Waals surface area contributed by atoms with E-state index in [0.717, 1.165) is 0 Å². The predicted octanol–water partition coefficient (Wildman–Crippen LogP) is 4.41. The molecular weight excluding hydrogens is 323 g/mol. The summed E-state index contributed by atoms with van der Waals surface area (Å²) in [5.41, 5.74) is 1.07. The lowest BCUT2D eigenvalue weighted by atomic mass is 9.86. The number of benzene rings is 1. The van der Waals surface area contributed by atoms with Crippen molar-refractivity contribution in [1.82, 2.24) is 0 Å². The predicted molar refractivity (Wildman–Crippen MR) is 93.1 cm³/mol. The van der Waals surface area contributed by atoms with E-state index >= 15 is 0 Å². The molecule has 0 aromatic heterocycles. The summed E-state index contributed by atoms with van der Waals surface area (Å²) in [6.45, 7) is 7.26. The Morgan fingerprint density at radius 3 is 2.56 bits per heavy atom. The van der Waals surface area contributed by atoms with Gasteiger partial charge >= 0.3 is 11.9 Å². The van der Waals surface area contributed by atoms with E-state index in [9.17, 15) is 14.0 Å². The lowest BCUT2D eigenvalue weighted by molar-refractivity contribution is -0.161. The van der Waals surface area contributed by atoms with E-state index in [1.54, 1.807) is 25.1 Å². The van der Waals surface area contributed by atoms with E-state index in [-0.39, 0.29) is 18.3 Å². The average Bonchev–Trinajstić information content (AvgIpc) is 2.71. The van der Waals surface area contributed by atoms with E-state index in [2.05, 4.69) is 0 Å². The number of ether oxygens (including phenoxy) is 2. The Morgan fingerprint density at radius 2 is 1.96 bits per heavy atom. The van der Waals surface area contributed by atoms with Crippen molar-refractivity contribution in [2.24, 2.45) is 11.8 Å². The van der Waals surface area contributed by atoms with Crippen LogP contribution in [0.3, 0.4) is 0 Å². The van der Waals surface area contributed by atoms with Gasteiger partial charge in [0.05, 0.1) is 18.6 Å². The Balaban J connectivity index is 2.22. The van der Waals surface area contributed by atoms with Gasteiger partial charge in [-0.3, -0.25) is 4.79 Å². The van der Waals surface area contributed by atoms with Crippen LogP contribution in [0.1, 0.15) is 68.2 Å². The van der Waals surface area contributed by atoms with Crippen molar-refractivity contribution in [2.75, 3.05) is 7.11 Å². The van der Waals surface area contributed by atoms with Crippen LogP contribution in [0.15, 0.2) is 18.2 Å². The highest BCUT2D eigenvalue weighted by Gasteiger charge is 2.34. The molecule has 0 saturated heterocycles. The molecule has 0 amide bonds. The van der Waals surface area contributed by atoms with Crippen LogP contribution >= 0.6 is 0 Å². The average molecular weight is 350 g/mol. The molecule has 0 N–H and O–H groups in total. The standard InChI is InChI=1S/C20H27FO4/c1-12(18(22)25-20(2,3)4)13-9-10-14-15(17(21)11-13)7-6-8-16(14)19(23)24-5/h6-8,12-13,17H,9-11H2,1-5H3. The molecular formula is C20H27FO4. The minimum absolute atomic E-state index is 0.136. The van der Waals surface area contributed by atoms with E-state index in [1.165, 1.54) is 7.11 Å². The number of rotatable bonds is 3. The largest absolute Gasteiger partial charge is 0.465 e. The zero-order valence-corrected chi connectivity index (χ0v) is 15.6. The van der Waals surface area contributed by atoms with Crippen LogP contribution in [-0.4, -0.2) is 24.6 Å². The summed E-state index contributed by atoms with van der Waals surface area (Å²) in [4.78, 5) is 24.3. The van der Waals surface area contributed by atoms with Gasteiger partial charge in [0.2, 0.25) is 0 Å². The van der Waals surface area contributed by atoms with E-state index in [1.807, 2.05) is 20.8 Å². The topological polar surface area (TPSA) is 52.6 Å². The number of methoxy groups -OCH3 is 1. The second kappa shape index (κ2) is 7.54. The molecule has 3 atom stereocenters. The summed E-state index contributed by atoms with van der Waals surface area (Å²) in [7, 11) is 1.32. The van der Waals surface area contributed by atoms with Crippen molar-refractivity contribution < 1.29 is 23.5 Å². The summed E-state index contributed by atoms with van der Waals surface area (Å²) in [6, 6.07) is 5.05. The first kappa shape index (κ1) is 19.4. The minimum Gasteiger partial charge on any atom is -0.465 e. The highest BCUT2D eigenvalue weighted by molar-refractivity contribution is 5.91. The fourth-order valence-corrected chi connectivity index (χ4v) is 3.36. The molecule has 4 nitrogen and oxygen atoms in total. The van der Waals surface area contributed by atoms with Crippen LogP contribution < -0.4 is 0 Å². The first-order valence-corrected chi connectivity index (χ1v) is 8.71. The first-order valence-electron chi connectivity index (χ1n) is 8.71. The molecule has 1 aliphatic rings. The molecule has 0 radical (unpaired) electrons. The number of esters is 2. The number of hydrogen-bond acceptors (Lipinski definition) is 4. The van der Waals surface area contributed by atoms with Gasteiger partial charge in [-0.2, -0.15) is 0 Å². The van der Waals surface area contributed by atoms with E-state index < -0.39 is 23.7 Å². The molecule has 0 fully saturated rings. The van der Waals surface area contributed by atoms with E-state index in [4.69, 9.17) is 9.47 Å². The van der Waals surface area contributed by atoms with Gasteiger partial charge in [-0.1, -0.05) is 19.1 Å². The third kappa shape index (κ3) is 4.59. The Kier molecular flexibility index (Phi) is 5.86. The molecule has 2 rings (SSSR count). The second-order valence-corrected chi connectivity index (χ2v) is 7.69. The Labute approximate surface area is 148 Å². The fourth-order valence-electron chi connectivity index (χ4n) is 3.36. The molecule has 0 bridgehead atoms. The van der Waals surface area contributed by atoms with Crippen molar-refractivity contribution in [3.8, 4) is 0 Å². The molecule has 0 heterocycles. The lowest BCUT2D eigenvalue weighted by Gasteiger charge is -2.26. The van der Waals surface area contributed by atoms with Gasteiger partial charge in [0.1, 0.15) is 11.8 Å². The summed E-state index contributed by atoms with van der Waals surface area (Å²) in [5.74, 6) is -1.29. The number of hydrogen-bond donors (Lipinski definition) is 0. The highest BCUT2D eigenvalue weighted by Crippen LogP contribution is 2.39. The normalized spacial score (nSPS) is 21.7. The van der Waals surface area contributed by atoms with Crippen molar-refractivity contribution >= 4 is 11.9 Å². The van der Waals surface area contributed by atoms with Crippen molar-refractivity contribution in [1.29, 1.82) is 0 Å². The van der Waals surface area contributed by atoms with Crippen LogP contribution in [0.5, 0.6) is 0 Å². The molecule has 1 aromatic carbocycles. The summed E-state index contributed by atoms with van der Waals surface area (Å²) in [5, 5.41) is 0. The zero-order valence-electron chi connectivity index (χ0n) is 15.6. The fraction of sp³-hybridized carbons (Fsp3) is 0.600. The Morgan fingerprint density at radius 1 is 1.28 bits per heavy atom. The maximum Gasteiger partial charge on any atom is 0.338 e. The third-order valence-corrected chi connectivity index (χ3v) is 4.72. The molecule has 1 aromatic rings. The molecule has 1 aliphatic carbocycles. The van der Waals surface area contributed by atoms with Crippen LogP contribution in [0, 0.1) is 11.8 Å². The molecule has 5 heteroatoms. The monoisotopic (exact) mass is 350 g/mol. The molecule has 0 spiro atoms. The number of carbonyl (C=O) groups is 2. The van der Waals surface area contributed by atoms with Crippen LogP contribution in [0.25, 0.3) is 0 Å². The molecule has 0 aliphatic heterocycles. The van der Waals surface area contributed by atoms with Crippen LogP contribution in [0.4, 0.5) is 4.39 Å². The number of carbonyl (C=O) groups excluding carboxylic acids is 2. The number of halogens is 1. The molecule has 3 unspecified atom stereocenters. The van der Waals surface area contributed by atoms with Crippen LogP contribution in [-0.2, 0) is 20.7 Å². The molecule has 0 saturated carbocycles. The maximum atomic E-state index is 14.9. The van der Waals surface area contributed by atoms with E-state index in [0.29, 0.717) is 29.5 Å².